The molecule has 2 nitrogen and oxygen atoms in total. The molecule has 0 aliphatic carbocycles. The van der Waals surface area contributed by atoms with Gasteiger partial charge in [0.2, 0.25) is 0 Å². The molecule has 0 heterocycles. The highest BCUT2D eigenvalue weighted by Gasteiger charge is 1.98. The van der Waals surface area contributed by atoms with Crippen LogP contribution in [0.25, 0.3) is 0 Å². The summed E-state index contributed by atoms with van der Waals surface area (Å²) in [5, 5.41) is 0. The Balaban J connectivity index is 3.54. The molecule has 0 aliphatic rings. The zero-order valence-corrected chi connectivity index (χ0v) is 6.13. The maximum atomic E-state index is 11.4. The quantitative estimate of drug-likeness (QED) is 0.445. The maximum absolute atomic E-state index is 11.4. The van der Waals surface area contributed by atoms with Gasteiger partial charge in [0.1, 0.15) is 6.67 Å². The second-order valence-electron chi connectivity index (χ2n) is 2.04. The van der Waals surface area contributed by atoms with Crippen LogP contribution < -0.4 is 0 Å². The zero-order valence-electron chi connectivity index (χ0n) is 6.13. The first-order valence-corrected chi connectivity index (χ1v) is 3.10. The first-order valence-electron chi connectivity index (χ1n) is 3.10. The summed E-state index contributed by atoms with van der Waals surface area (Å²) in [5.41, 5.74) is 0. The van der Waals surface area contributed by atoms with Gasteiger partial charge in [-0.3, -0.25) is 0 Å². The molecule has 0 bridgehead atoms. The summed E-state index contributed by atoms with van der Waals surface area (Å²) in [6, 6.07) is 0. The first kappa shape index (κ1) is 9.14. The summed E-state index contributed by atoms with van der Waals surface area (Å²) in [4.78, 5) is 10.5. The molecule has 0 radical (unpaired) electrons. The Bertz CT molecular complexity index is 130. The average molecular weight is 146 g/mol. The van der Waals surface area contributed by atoms with E-state index in [0.29, 0.717) is 0 Å². The second-order valence-corrected chi connectivity index (χ2v) is 2.04. The Kier molecular flexibility index (Phi) is 4.54. The molecule has 0 saturated carbocycles. The second kappa shape index (κ2) is 4.97. The predicted octanol–water partition coefficient (Wildman–Crippen LogP) is 1.46. The van der Waals surface area contributed by atoms with Gasteiger partial charge in [-0.1, -0.05) is 0 Å². The van der Waals surface area contributed by atoms with Gasteiger partial charge in [-0.2, -0.15) is 0 Å². The number of hydrogen-bond donors (Lipinski definition) is 0. The van der Waals surface area contributed by atoms with Gasteiger partial charge in [0, 0.05) is 6.08 Å². The summed E-state index contributed by atoms with van der Waals surface area (Å²) >= 11 is 0. The van der Waals surface area contributed by atoms with Gasteiger partial charge in [0.15, 0.2) is 0 Å². The highest BCUT2D eigenvalue weighted by atomic mass is 19.1. The largest absolute Gasteiger partial charge is 0.460 e. The van der Waals surface area contributed by atoms with Crippen molar-refractivity contribution in [1.29, 1.82) is 0 Å². The van der Waals surface area contributed by atoms with E-state index in [9.17, 15) is 9.18 Å². The number of carbonyl (C=O) groups is 1. The lowest BCUT2D eigenvalue weighted by Crippen LogP contribution is -2.08. The topological polar surface area (TPSA) is 26.3 Å². The molecule has 0 N–H and O–H groups in total. The van der Waals surface area contributed by atoms with Crippen LogP contribution >= 0.6 is 0 Å². The fraction of sp³-hybridized carbons (Fsp3) is 0.571. The molecule has 10 heavy (non-hydrogen) atoms. The number of allylic oxidation sites excluding steroid dienone is 1. The Morgan fingerprint density at radius 2 is 2.30 bits per heavy atom. The van der Waals surface area contributed by atoms with Crippen LogP contribution in [0.5, 0.6) is 0 Å². The number of halogens is 1. The lowest BCUT2D eigenvalue weighted by atomic mass is 10.4. The highest BCUT2D eigenvalue weighted by Crippen LogP contribution is 1.89. The van der Waals surface area contributed by atoms with Crippen molar-refractivity contribution < 1.29 is 13.9 Å². The smallest absolute Gasteiger partial charge is 0.330 e. The molecule has 0 rings (SSSR count). The fourth-order valence-corrected chi connectivity index (χ4v) is 0.412. The van der Waals surface area contributed by atoms with Crippen LogP contribution in [0.15, 0.2) is 12.2 Å². The number of carbonyl (C=O) groups excluding carboxylic acids is 1. The lowest BCUT2D eigenvalue weighted by Gasteiger charge is -2.03. The third kappa shape index (κ3) is 5.28. The summed E-state index contributed by atoms with van der Waals surface area (Å²) in [5.74, 6) is -0.493. The van der Waals surface area contributed by atoms with Crippen molar-refractivity contribution in [1.82, 2.24) is 0 Å². The fourth-order valence-electron chi connectivity index (χ4n) is 0.412. The predicted molar refractivity (Wildman–Crippen MR) is 36.3 cm³/mol. The van der Waals surface area contributed by atoms with Gasteiger partial charge in [-0.15, -0.1) is 0 Å². The van der Waals surface area contributed by atoms with Crippen LogP contribution in [0, 0.1) is 0 Å². The van der Waals surface area contributed by atoms with Crippen molar-refractivity contribution in [2.24, 2.45) is 0 Å². The molecule has 0 aromatic heterocycles. The Morgan fingerprint density at radius 3 is 2.70 bits per heavy atom. The van der Waals surface area contributed by atoms with Gasteiger partial charge in [0.25, 0.3) is 0 Å². The monoisotopic (exact) mass is 146 g/mol. The number of rotatable bonds is 3. The SMILES string of the molecule is CC(C)OC(=O)/C=C/CF. The van der Waals surface area contributed by atoms with E-state index in [1.807, 2.05) is 0 Å². The Morgan fingerprint density at radius 1 is 1.70 bits per heavy atom. The van der Waals surface area contributed by atoms with Crippen molar-refractivity contribution in [3.8, 4) is 0 Å². The molecule has 0 spiro atoms. The van der Waals surface area contributed by atoms with Crippen LogP contribution in [-0.4, -0.2) is 18.7 Å². The van der Waals surface area contributed by atoms with E-state index in [1.54, 1.807) is 13.8 Å². The molecular formula is C7H11FO2. The molecule has 0 amide bonds. The van der Waals surface area contributed by atoms with Gasteiger partial charge in [-0.05, 0) is 19.9 Å². The summed E-state index contributed by atoms with van der Waals surface area (Å²) in [6.45, 7) is 2.84. The minimum absolute atomic E-state index is 0.142. The number of alkyl halides is 1. The van der Waals surface area contributed by atoms with Crippen LogP contribution in [0.1, 0.15) is 13.8 Å². The molecule has 0 unspecified atom stereocenters. The minimum atomic E-state index is -0.632. The highest BCUT2D eigenvalue weighted by molar-refractivity contribution is 5.81. The van der Waals surface area contributed by atoms with E-state index in [2.05, 4.69) is 4.74 Å². The Hall–Kier alpha value is -0.860. The van der Waals surface area contributed by atoms with Crippen LogP contribution in [0.3, 0.4) is 0 Å². The van der Waals surface area contributed by atoms with Gasteiger partial charge < -0.3 is 4.74 Å². The number of ether oxygens (including phenoxy) is 1. The molecular weight excluding hydrogens is 135 g/mol. The zero-order chi connectivity index (χ0) is 7.98. The summed E-state index contributed by atoms with van der Waals surface area (Å²) in [7, 11) is 0. The van der Waals surface area contributed by atoms with Crippen molar-refractivity contribution >= 4 is 5.97 Å². The molecule has 0 atom stereocenters. The number of esters is 1. The van der Waals surface area contributed by atoms with E-state index >= 15 is 0 Å². The normalized spacial score (nSPS) is 10.8. The van der Waals surface area contributed by atoms with Gasteiger partial charge >= 0.3 is 5.97 Å². The van der Waals surface area contributed by atoms with Gasteiger partial charge in [-0.25, -0.2) is 9.18 Å². The third-order valence-electron chi connectivity index (χ3n) is 0.695. The van der Waals surface area contributed by atoms with E-state index in [0.717, 1.165) is 12.2 Å². The summed E-state index contributed by atoms with van der Waals surface area (Å²) < 4.78 is 16.1. The Labute approximate surface area is 59.7 Å². The van der Waals surface area contributed by atoms with E-state index in [-0.39, 0.29) is 6.10 Å². The molecule has 0 aliphatic heterocycles. The molecule has 3 heteroatoms. The summed E-state index contributed by atoms with van der Waals surface area (Å²) in [6.07, 6.45) is 2.06. The van der Waals surface area contributed by atoms with Gasteiger partial charge in [0.05, 0.1) is 6.10 Å². The van der Waals surface area contributed by atoms with Crippen molar-refractivity contribution in [2.45, 2.75) is 20.0 Å². The van der Waals surface area contributed by atoms with Crippen LogP contribution in [0.4, 0.5) is 4.39 Å². The van der Waals surface area contributed by atoms with E-state index in [1.165, 1.54) is 0 Å². The molecule has 0 fully saturated rings. The van der Waals surface area contributed by atoms with Crippen molar-refractivity contribution in [3.63, 3.8) is 0 Å². The van der Waals surface area contributed by atoms with Crippen LogP contribution in [0.2, 0.25) is 0 Å². The van der Waals surface area contributed by atoms with E-state index < -0.39 is 12.6 Å². The van der Waals surface area contributed by atoms with Crippen molar-refractivity contribution in [2.75, 3.05) is 6.67 Å². The molecule has 0 saturated heterocycles. The van der Waals surface area contributed by atoms with E-state index in [4.69, 9.17) is 0 Å². The third-order valence-corrected chi connectivity index (χ3v) is 0.695. The minimum Gasteiger partial charge on any atom is -0.460 e. The standard InChI is InChI=1S/C7H11FO2/c1-6(2)10-7(9)4-3-5-8/h3-4,6H,5H2,1-2H3/b4-3+. The van der Waals surface area contributed by atoms with Crippen molar-refractivity contribution in [3.05, 3.63) is 12.2 Å². The lowest BCUT2D eigenvalue weighted by molar-refractivity contribution is -0.141. The van der Waals surface area contributed by atoms with Crippen LogP contribution in [-0.2, 0) is 9.53 Å². The molecule has 0 aromatic rings. The maximum Gasteiger partial charge on any atom is 0.330 e. The molecule has 58 valence electrons. The first-order chi connectivity index (χ1) is 4.66. The average Bonchev–Trinajstić information content (AvgIpc) is 1.82. The molecule has 0 aromatic carbocycles. The number of hydrogen-bond acceptors (Lipinski definition) is 2.